The van der Waals surface area contributed by atoms with E-state index in [1.54, 1.807) is 11.8 Å². The number of rotatable bonds is 5. The molecule has 1 amide bonds. The van der Waals surface area contributed by atoms with E-state index in [0.29, 0.717) is 6.04 Å². The largest absolute Gasteiger partial charge is 0.352 e. The van der Waals surface area contributed by atoms with Gasteiger partial charge in [-0.05, 0) is 43.5 Å². The Bertz CT molecular complexity index is 455. The van der Waals surface area contributed by atoms with Crippen LogP contribution in [0.3, 0.4) is 0 Å². The molecule has 2 rings (SSSR count). The minimum atomic E-state index is -0.0217. The van der Waals surface area contributed by atoms with Gasteiger partial charge in [0, 0.05) is 16.0 Å². The first kappa shape index (κ1) is 17.7. The third-order valence-electron chi connectivity index (χ3n) is 4.21. The van der Waals surface area contributed by atoms with E-state index in [4.69, 9.17) is 11.6 Å². The topological polar surface area (TPSA) is 29.1 Å². The predicted molar refractivity (Wildman–Crippen MR) is 95.6 cm³/mol. The molecule has 0 bridgehead atoms. The smallest absolute Gasteiger partial charge is 0.233 e. The SMILES string of the molecule is CCC(Sc1ccc(Cl)cc1)C(=O)NC1CCCCCCC1. The molecule has 1 aliphatic rings. The lowest BCUT2D eigenvalue weighted by Gasteiger charge is -2.23. The minimum Gasteiger partial charge on any atom is -0.352 e. The first-order valence-electron chi connectivity index (χ1n) is 8.41. The average molecular weight is 340 g/mol. The Hall–Kier alpha value is -0.670. The second kappa shape index (κ2) is 9.46. The van der Waals surface area contributed by atoms with Gasteiger partial charge in [0.25, 0.3) is 0 Å². The highest BCUT2D eigenvalue weighted by Gasteiger charge is 2.21. The quantitative estimate of drug-likeness (QED) is 0.724. The Balaban J connectivity index is 1.88. The number of nitrogens with one attached hydrogen (secondary N) is 1. The summed E-state index contributed by atoms with van der Waals surface area (Å²) in [7, 11) is 0. The fourth-order valence-corrected chi connectivity index (χ4v) is 3.98. The van der Waals surface area contributed by atoms with Crippen LogP contribution in [0.2, 0.25) is 5.02 Å². The lowest BCUT2D eigenvalue weighted by molar-refractivity contribution is -0.121. The second-order valence-electron chi connectivity index (χ2n) is 6.02. The molecule has 122 valence electrons. The molecule has 22 heavy (non-hydrogen) atoms. The third kappa shape index (κ3) is 5.85. The molecule has 1 aromatic rings. The van der Waals surface area contributed by atoms with E-state index in [2.05, 4.69) is 12.2 Å². The molecule has 1 unspecified atom stereocenters. The van der Waals surface area contributed by atoms with Crippen LogP contribution in [0.15, 0.2) is 29.2 Å². The van der Waals surface area contributed by atoms with E-state index in [-0.39, 0.29) is 11.2 Å². The van der Waals surface area contributed by atoms with E-state index in [0.717, 1.165) is 29.2 Å². The van der Waals surface area contributed by atoms with E-state index in [1.165, 1.54) is 32.1 Å². The van der Waals surface area contributed by atoms with Crippen LogP contribution in [-0.2, 0) is 4.79 Å². The number of carbonyl (C=O) groups is 1. The Morgan fingerprint density at radius 2 is 1.77 bits per heavy atom. The standard InChI is InChI=1S/C18H26ClNOS/c1-2-17(22-16-12-10-14(19)11-13-16)18(21)20-15-8-6-4-3-5-7-9-15/h10-13,15,17H,2-9H2,1H3,(H,20,21). The molecule has 4 heteroatoms. The molecule has 2 nitrogen and oxygen atoms in total. The molecule has 1 fully saturated rings. The van der Waals surface area contributed by atoms with Crippen molar-refractivity contribution >= 4 is 29.3 Å². The lowest BCUT2D eigenvalue weighted by Crippen LogP contribution is -2.40. The zero-order chi connectivity index (χ0) is 15.8. The van der Waals surface area contributed by atoms with Crippen molar-refractivity contribution in [3.05, 3.63) is 29.3 Å². The molecule has 0 aromatic heterocycles. The maximum atomic E-state index is 12.6. The molecule has 1 N–H and O–H groups in total. The van der Waals surface area contributed by atoms with Crippen molar-refractivity contribution < 1.29 is 4.79 Å². The molecule has 1 aromatic carbocycles. The predicted octanol–water partition coefficient (Wildman–Crippen LogP) is 5.44. The monoisotopic (exact) mass is 339 g/mol. The van der Waals surface area contributed by atoms with Crippen LogP contribution in [0, 0.1) is 0 Å². The van der Waals surface area contributed by atoms with Crippen molar-refractivity contribution in [2.75, 3.05) is 0 Å². The molecule has 0 radical (unpaired) electrons. The van der Waals surface area contributed by atoms with E-state index >= 15 is 0 Å². The first-order chi connectivity index (χ1) is 10.7. The van der Waals surface area contributed by atoms with E-state index in [1.807, 2.05) is 24.3 Å². The number of carbonyl (C=O) groups excluding carboxylic acids is 1. The summed E-state index contributed by atoms with van der Waals surface area (Å²) >= 11 is 7.55. The van der Waals surface area contributed by atoms with Gasteiger partial charge in [-0.15, -0.1) is 11.8 Å². The van der Waals surface area contributed by atoms with Crippen molar-refractivity contribution in [3.63, 3.8) is 0 Å². The van der Waals surface area contributed by atoms with Gasteiger partial charge in [0.05, 0.1) is 5.25 Å². The Morgan fingerprint density at radius 1 is 1.18 bits per heavy atom. The van der Waals surface area contributed by atoms with Crippen molar-refractivity contribution in [3.8, 4) is 0 Å². The summed E-state index contributed by atoms with van der Waals surface area (Å²) in [5.74, 6) is 0.188. The number of hydrogen-bond acceptors (Lipinski definition) is 2. The highest BCUT2D eigenvalue weighted by atomic mass is 35.5. The number of amides is 1. The van der Waals surface area contributed by atoms with Crippen LogP contribution in [0.4, 0.5) is 0 Å². The highest BCUT2D eigenvalue weighted by Crippen LogP contribution is 2.27. The summed E-state index contributed by atoms with van der Waals surface area (Å²) in [6, 6.07) is 8.09. The Morgan fingerprint density at radius 3 is 2.36 bits per heavy atom. The zero-order valence-electron chi connectivity index (χ0n) is 13.3. The van der Waals surface area contributed by atoms with Gasteiger partial charge < -0.3 is 5.32 Å². The first-order valence-corrected chi connectivity index (χ1v) is 9.67. The van der Waals surface area contributed by atoms with Crippen LogP contribution in [0.1, 0.15) is 58.3 Å². The Kier molecular flexibility index (Phi) is 7.61. The summed E-state index contributed by atoms with van der Waals surface area (Å²) in [4.78, 5) is 13.7. The number of hydrogen-bond donors (Lipinski definition) is 1. The number of benzene rings is 1. The summed E-state index contributed by atoms with van der Waals surface area (Å²) < 4.78 is 0. The van der Waals surface area contributed by atoms with Crippen LogP contribution < -0.4 is 5.32 Å². The number of thioether (sulfide) groups is 1. The third-order valence-corrected chi connectivity index (χ3v) is 5.83. The zero-order valence-corrected chi connectivity index (χ0v) is 14.9. The summed E-state index contributed by atoms with van der Waals surface area (Å²) in [6.45, 7) is 2.07. The van der Waals surface area contributed by atoms with E-state index in [9.17, 15) is 4.79 Å². The fourth-order valence-electron chi connectivity index (χ4n) is 2.89. The van der Waals surface area contributed by atoms with Gasteiger partial charge in [-0.3, -0.25) is 4.79 Å². The molecule has 0 heterocycles. The molecule has 0 spiro atoms. The lowest BCUT2D eigenvalue weighted by atomic mass is 9.96. The van der Waals surface area contributed by atoms with E-state index < -0.39 is 0 Å². The maximum Gasteiger partial charge on any atom is 0.233 e. The molecule has 1 atom stereocenters. The molecular weight excluding hydrogens is 314 g/mol. The summed E-state index contributed by atoms with van der Waals surface area (Å²) in [5, 5.41) is 3.99. The molecular formula is C18H26ClNOS. The summed E-state index contributed by atoms with van der Waals surface area (Å²) in [5.41, 5.74) is 0. The van der Waals surface area contributed by atoms with Crippen molar-refractivity contribution in [1.82, 2.24) is 5.32 Å². The molecule has 0 saturated heterocycles. The minimum absolute atomic E-state index is 0.0217. The maximum absolute atomic E-state index is 12.6. The van der Waals surface area contributed by atoms with Gasteiger partial charge in [0.1, 0.15) is 0 Å². The van der Waals surface area contributed by atoms with Gasteiger partial charge in [0.2, 0.25) is 5.91 Å². The van der Waals surface area contributed by atoms with Crippen LogP contribution in [0.25, 0.3) is 0 Å². The second-order valence-corrected chi connectivity index (χ2v) is 7.73. The van der Waals surface area contributed by atoms with Crippen LogP contribution in [-0.4, -0.2) is 17.2 Å². The fraction of sp³-hybridized carbons (Fsp3) is 0.611. The van der Waals surface area contributed by atoms with Gasteiger partial charge in [-0.25, -0.2) is 0 Å². The Labute approximate surface area is 143 Å². The van der Waals surface area contributed by atoms with Gasteiger partial charge in [-0.2, -0.15) is 0 Å². The number of halogens is 1. The van der Waals surface area contributed by atoms with Crippen LogP contribution in [0.5, 0.6) is 0 Å². The van der Waals surface area contributed by atoms with Gasteiger partial charge in [-0.1, -0.05) is 50.6 Å². The van der Waals surface area contributed by atoms with Gasteiger partial charge >= 0.3 is 0 Å². The van der Waals surface area contributed by atoms with Crippen molar-refractivity contribution in [1.29, 1.82) is 0 Å². The average Bonchev–Trinajstić information content (AvgIpc) is 2.49. The van der Waals surface area contributed by atoms with Crippen LogP contribution >= 0.6 is 23.4 Å². The summed E-state index contributed by atoms with van der Waals surface area (Å²) in [6.07, 6.45) is 9.56. The van der Waals surface area contributed by atoms with Crippen molar-refractivity contribution in [2.24, 2.45) is 0 Å². The van der Waals surface area contributed by atoms with Gasteiger partial charge in [0.15, 0.2) is 0 Å². The molecule has 1 aliphatic carbocycles. The van der Waals surface area contributed by atoms with Crippen molar-refractivity contribution in [2.45, 2.75) is 74.5 Å². The highest BCUT2D eigenvalue weighted by molar-refractivity contribution is 8.00. The molecule has 0 aliphatic heterocycles. The molecule has 1 saturated carbocycles. The normalized spacial score (nSPS) is 18.3.